The van der Waals surface area contributed by atoms with Gasteiger partial charge in [0.2, 0.25) is 0 Å². The summed E-state index contributed by atoms with van der Waals surface area (Å²) in [6.07, 6.45) is 3.27. The van der Waals surface area contributed by atoms with Crippen LogP contribution in [-0.2, 0) is 12.0 Å². The lowest BCUT2D eigenvalue weighted by molar-refractivity contribution is 0.589. The molecule has 0 saturated heterocycles. The summed E-state index contributed by atoms with van der Waals surface area (Å²) in [4.78, 5) is 15.2. The van der Waals surface area contributed by atoms with Gasteiger partial charge in [-0.3, -0.25) is 4.57 Å². The first kappa shape index (κ1) is 12.6. The number of nitrogens with zero attached hydrogens (tertiary/aromatic N) is 2. The molecule has 0 aliphatic heterocycles. The standard InChI is InChI=1S/C15H18N2O/c1-15(2,3)13-7-5-12(6-8-13)11-17-10-4-9-16-14(17)18/h4-10H,11H2,1-3H3. The number of rotatable bonds is 2. The Bertz CT molecular complexity index is 576. The van der Waals surface area contributed by atoms with Crippen molar-refractivity contribution in [3.05, 3.63) is 64.3 Å². The molecule has 3 heteroatoms. The van der Waals surface area contributed by atoms with Gasteiger partial charge in [0.05, 0.1) is 6.54 Å². The molecule has 2 rings (SSSR count). The van der Waals surface area contributed by atoms with E-state index in [4.69, 9.17) is 0 Å². The molecule has 0 fully saturated rings. The fraction of sp³-hybridized carbons (Fsp3) is 0.333. The second-order valence-corrected chi connectivity index (χ2v) is 5.48. The maximum Gasteiger partial charge on any atom is 0.347 e. The molecule has 1 aromatic carbocycles. The summed E-state index contributed by atoms with van der Waals surface area (Å²) >= 11 is 0. The van der Waals surface area contributed by atoms with Gasteiger partial charge in [-0.05, 0) is 22.6 Å². The largest absolute Gasteiger partial charge is 0.347 e. The van der Waals surface area contributed by atoms with Gasteiger partial charge >= 0.3 is 5.69 Å². The average molecular weight is 242 g/mol. The van der Waals surface area contributed by atoms with E-state index >= 15 is 0 Å². The van der Waals surface area contributed by atoms with Crippen LogP contribution in [0.25, 0.3) is 0 Å². The minimum absolute atomic E-state index is 0.156. The van der Waals surface area contributed by atoms with Crippen LogP contribution in [0.15, 0.2) is 47.5 Å². The number of aromatic nitrogens is 2. The lowest BCUT2D eigenvalue weighted by Gasteiger charge is -2.19. The second-order valence-electron chi connectivity index (χ2n) is 5.48. The van der Waals surface area contributed by atoms with Gasteiger partial charge in [-0.25, -0.2) is 9.78 Å². The molecule has 0 aliphatic rings. The topological polar surface area (TPSA) is 34.9 Å². The van der Waals surface area contributed by atoms with Crippen LogP contribution in [0.5, 0.6) is 0 Å². The van der Waals surface area contributed by atoms with Gasteiger partial charge in [0.25, 0.3) is 0 Å². The van der Waals surface area contributed by atoms with Gasteiger partial charge in [0, 0.05) is 12.4 Å². The van der Waals surface area contributed by atoms with E-state index < -0.39 is 0 Å². The molecular weight excluding hydrogens is 224 g/mol. The Morgan fingerprint density at radius 2 is 1.83 bits per heavy atom. The third-order valence-corrected chi connectivity index (χ3v) is 2.96. The van der Waals surface area contributed by atoms with Crippen molar-refractivity contribution in [1.82, 2.24) is 9.55 Å². The summed E-state index contributed by atoms with van der Waals surface area (Å²) in [5, 5.41) is 0. The van der Waals surface area contributed by atoms with Crippen molar-refractivity contribution < 1.29 is 0 Å². The van der Waals surface area contributed by atoms with Crippen molar-refractivity contribution in [2.24, 2.45) is 0 Å². The highest BCUT2D eigenvalue weighted by Crippen LogP contribution is 2.22. The molecule has 3 nitrogen and oxygen atoms in total. The number of hydrogen-bond donors (Lipinski definition) is 0. The first-order valence-electron chi connectivity index (χ1n) is 6.08. The lowest BCUT2D eigenvalue weighted by Crippen LogP contribution is -2.22. The summed E-state index contributed by atoms with van der Waals surface area (Å²) in [7, 11) is 0. The van der Waals surface area contributed by atoms with Crippen LogP contribution in [0.4, 0.5) is 0 Å². The molecule has 0 radical (unpaired) electrons. The van der Waals surface area contributed by atoms with Crippen molar-refractivity contribution in [2.45, 2.75) is 32.7 Å². The van der Waals surface area contributed by atoms with E-state index in [1.54, 1.807) is 16.8 Å². The normalized spacial score (nSPS) is 11.5. The van der Waals surface area contributed by atoms with Crippen LogP contribution in [0, 0.1) is 0 Å². The van der Waals surface area contributed by atoms with Gasteiger partial charge in [-0.1, -0.05) is 45.0 Å². The molecule has 0 unspecified atom stereocenters. The van der Waals surface area contributed by atoms with Gasteiger partial charge in [0.1, 0.15) is 0 Å². The minimum Gasteiger partial charge on any atom is -0.295 e. The van der Waals surface area contributed by atoms with Crippen molar-refractivity contribution >= 4 is 0 Å². The summed E-state index contributed by atoms with van der Waals surface area (Å²) in [6.45, 7) is 7.13. The Balaban J connectivity index is 2.22. The molecule has 0 N–H and O–H groups in total. The van der Waals surface area contributed by atoms with Crippen molar-refractivity contribution in [2.75, 3.05) is 0 Å². The molecule has 1 heterocycles. The molecule has 94 valence electrons. The van der Waals surface area contributed by atoms with Crippen LogP contribution in [-0.4, -0.2) is 9.55 Å². The van der Waals surface area contributed by atoms with Crippen molar-refractivity contribution in [1.29, 1.82) is 0 Å². The van der Waals surface area contributed by atoms with Crippen molar-refractivity contribution in [3.63, 3.8) is 0 Å². The maximum absolute atomic E-state index is 11.5. The van der Waals surface area contributed by atoms with E-state index in [1.807, 2.05) is 0 Å². The predicted molar refractivity (Wildman–Crippen MR) is 72.7 cm³/mol. The zero-order valence-electron chi connectivity index (χ0n) is 11.1. The van der Waals surface area contributed by atoms with E-state index in [1.165, 1.54) is 11.8 Å². The van der Waals surface area contributed by atoms with Gasteiger partial charge in [-0.2, -0.15) is 0 Å². The summed E-state index contributed by atoms with van der Waals surface area (Å²) in [6, 6.07) is 10.2. The minimum atomic E-state index is -0.211. The Hall–Kier alpha value is -1.90. The highest BCUT2D eigenvalue weighted by Gasteiger charge is 2.12. The molecule has 0 bridgehead atoms. The highest BCUT2D eigenvalue weighted by molar-refractivity contribution is 5.27. The summed E-state index contributed by atoms with van der Waals surface area (Å²) < 4.78 is 1.60. The molecule has 1 aromatic heterocycles. The van der Waals surface area contributed by atoms with Crippen LogP contribution >= 0.6 is 0 Å². The SMILES string of the molecule is CC(C)(C)c1ccc(Cn2cccnc2=O)cc1. The van der Waals surface area contributed by atoms with Crippen LogP contribution in [0.1, 0.15) is 31.9 Å². The van der Waals surface area contributed by atoms with Gasteiger partial charge < -0.3 is 0 Å². The Kier molecular flexibility index (Phi) is 3.32. The first-order valence-corrected chi connectivity index (χ1v) is 6.08. The first-order chi connectivity index (χ1) is 8.47. The molecular formula is C15H18N2O. The van der Waals surface area contributed by atoms with E-state index in [0.29, 0.717) is 6.54 Å². The number of benzene rings is 1. The Morgan fingerprint density at radius 1 is 1.17 bits per heavy atom. The Morgan fingerprint density at radius 3 is 2.39 bits per heavy atom. The Labute approximate surface area is 107 Å². The second kappa shape index (κ2) is 4.77. The van der Waals surface area contributed by atoms with E-state index in [2.05, 4.69) is 50.0 Å². The zero-order valence-corrected chi connectivity index (χ0v) is 11.1. The maximum atomic E-state index is 11.5. The smallest absolute Gasteiger partial charge is 0.295 e. The highest BCUT2D eigenvalue weighted by atomic mass is 16.1. The predicted octanol–water partition coefficient (Wildman–Crippen LogP) is 2.59. The monoisotopic (exact) mass is 242 g/mol. The third-order valence-electron chi connectivity index (χ3n) is 2.96. The zero-order chi connectivity index (χ0) is 13.2. The molecule has 2 aromatic rings. The van der Waals surface area contributed by atoms with Crippen LogP contribution in [0.2, 0.25) is 0 Å². The molecule has 0 atom stereocenters. The summed E-state index contributed by atoms with van der Waals surface area (Å²) in [5.74, 6) is 0. The quantitative estimate of drug-likeness (QED) is 0.811. The molecule has 0 saturated carbocycles. The summed E-state index contributed by atoms with van der Waals surface area (Å²) in [5.41, 5.74) is 2.35. The fourth-order valence-corrected chi connectivity index (χ4v) is 1.81. The third kappa shape index (κ3) is 2.86. The van der Waals surface area contributed by atoms with E-state index in [0.717, 1.165) is 5.56 Å². The van der Waals surface area contributed by atoms with Crippen LogP contribution < -0.4 is 5.69 Å². The molecule has 18 heavy (non-hydrogen) atoms. The molecule has 0 aliphatic carbocycles. The van der Waals surface area contributed by atoms with Crippen molar-refractivity contribution in [3.8, 4) is 0 Å². The van der Waals surface area contributed by atoms with Gasteiger partial charge in [-0.15, -0.1) is 0 Å². The molecule has 0 amide bonds. The molecule has 0 spiro atoms. The average Bonchev–Trinajstić information content (AvgIpc) is 2.32. The van der Waals surface area contributed by atoms with E-state index in [9.17, 15) is 4.79 Å². The van der Waals surface area contributed by atoms with Gasteiger partial charge in [0.15, 0.2) is 0 Å². The van der Waals surface area contributed by atoms with E-state index in [-0.39, 0.29) is 11.1 Å². The van der Waals surface area contributed by atoms with Crippen LogP contribution in [0.3, 0.4) is 0 Å². The lowest BCUT2D eigenvalue weighted by atomic mass is 9.87. The fourth-order valence-electron chi connectivity index (χ4n) is 1.81. The number of hydrogen-bond acceptors (Lipinski definition) is 2.